The molecule has 1 aromatic heterocycles. The van der Waals surface area contributed by atoms with Crippen LogP contribution in [0.5, 0.6) is 0 Å². The van der Waals surface area contributed by atoms with Crippen LogP contribution in [0.25, 0.3) is 10.9 Å². The number of benzene rings is 1. The Hall–Kier alpha value is -1.28. The minimum absolute atomic E-state index is 0.0400. The quantitative estimate of drug-likeness (QED) is 0.771. The highest BCUT2D eigenvalue weighted by Gasteiger charge is 2.04. The zero-order valence-electron chi connectivity index (χ0n) is 7.59. The molecule has 0 amide bonds. The van der Waals surface area contributed by atoms with Gasteiger partial charge in [0.05, 0.1) is 5.88 Å². The van der Waals surface area contributed by atoms with E-state index in [0.29, 0.717) is 6.42 Å². The molecule has 0 bridgehead atoms. The second-order valence-electron chi connectivity index (χ2n) is 3.23. The Bertz CT molecular complexity index is 428. The predicted octanol–water partition coefficient (Wildman–Crippen LogP) is 2.52. The predicted molar refractivity (Wildman–Crippen MR) is 57.7 cm³/mol. The first kappa shape index (κ1) is 9.28. The van der Waals surface area contributed by atoms with Crippen LogP contribution in [0.2, 0.25) is 0 Å². The van der Waals surface area contributed by atoms with Crippen molar-refractivity contribution in [3.63, 3.8) is 0 Å². The van der Waals surface area contributed by atoms with Crippen molar-refractivity contribution in [3.8, 4) is 0 Å². The van der Waals surface area contributed by atoms with Crippen LogP contribution in [0.1, 0.15) is 5.69 Å². The molecule has 2 aromatic rings. The number of aromatic amines is 1. The maximum absolute atomic E-state index is 11.1. The summed E-state index contributed by atoms with van der Waals surface area (Å²) in [6, 6.07) is 9.93. The fourth-order valence-corrected chi connectivity index (χ4v) is 1.58. The van der Waals surface area contributed by atoms with E-state index >= 15 is 0 Å². The second-order valence-corrected chi connectivity index (χ2v) is 3.50. The Balaban J connectivity index is 2.31. The number of hydrogen-bond donors (Lipinski definition) is 1. The average molecular weight is 208 g/mol. The molecule has 0 fully saturated rings. The van der Waals surface area contributed by atoms with Crippen molar-refractivity contribution in [2.45, 2.75) is 6.42 Å². The number of para-hydroxylation sites is 1. The van der Waals surface area contributed by atoms with Crippen LogP contribution in [0, 0.1) is 0 Å². The summed E-state index contributed by atoms with van der Waals surface area (Å²) in [4.78, 5) is 14.3. The van der Waals surface area contributed by atoms with Gasteiger partial charge in [-0.15, -0.1) is 11.6 Å². The van der Waals surface area contributed by atoms with Gasteiger partial charge in [-0.25, -0.2) is 0 Å². The van der Waals surface area contributed by atoms with E-state index in [9.17, 15) is 4.79 Å². The monoisotopic (exact) mass is 207 g/mol. The van der Waals surface area contributed by atoms with Crippen molar-refractivity contribution >= 4 is 28.3 Å². The average Bonchev–Trinajstić information content (AvgIpc) is 2.59. The molecule has 0 unspecified atom stereocenters. The Labute approximate surface area is 86.9 Å². The lowest BCUT2D eigenvalue weighted by atomic mass is 10.2. The standard InChI is InChI=1S/C11H10ClNO/c12-7-10(14)6-9-5-8-3-1-2-4-11(8)13-9/h1-5,13H,6-7H2. The Morgan fingerprint density at radius 2 is 2.14 bits per heavy atom. The van der Waals surface area contributed by atoms with E-state index in [2.05, 4.69) is 4.98 Å². The molecule has 1 N–H and O–H groups in total. The summed E-state index contributed by atoms with van der Waals surface area (Å²) in [6.45, 7) is 0. The van der Waals surface area contributed by atoms with Crippen LogP contribution in [0.3, 0.4) is 0 Å². The minimum atomic E-state index is 0.0400. The molecule has 0 spiro atoms. The third kappa shape index (κ3) is 1.80. The number of halogens is 1. The summed E-state index contributed by atoms with van der Waals surface area (Å²) < 4.78 is 0. The summed E-state index contributed by atoms with van der Waals surface area (Å²) in [7, 11) is 0. The molecule has 0 saturated carbocycles. The van der Waals surface area contributed by atoms with Gasteiger partial charge in [0, 0.05) is 17.6 Å². The van der Waals surface area contributed by atoms with Gasteiger partial charge in [0.15, 0.2) is 5.78 Å². The highest BCUT2D eigenvalue weighted by molar-refractivity contribution is 6.27. The van der Waals surface area contributed by atoms with E-state index in [1.54, 1.807) is 0 Å². The molecule has 0 saturated heterocycles. The molecular weight excluding hydrogens is 198 g/mol. The third-order valence-corrected chi connectivity index (χ3v) is 2.42. The largest absolute Gasteiger partial charge is 0.358 e. The summed E-state index contributed by atoms with van der Waals surface area (Å²) in [5, 5.41) is 1.13. The zero-order chi connectivity index (χ0) is 9.97. The highest BCUT2D eigenvalue weighted by Crippen LogP contribution is 2.14. The first-order valence-corrected chi connectivity index (χ1v) is 4.97. The minimum Gasteiger partial charge on any atom is -0.358 e. The maximum atomic E-state index is 11.1. The van der Waals surface area contributed by atoms with Crippen LogP contribution in [-0.4, -0.2) is 16.6 Å². The molecule has 2 rings (SSSR count). The number of H-pyrrole nitrogens is 1. The molecule has 3 heteroatoms. The van der Waals surface area contributed by atoms with Crippen LogP contribution < -0.4 is 0 Å². The molecule has 2 nitrogen and oxygen atoms in total. The molecule has 72 valence electrons. The highest BCUT2D eigenvalue weighted by atomic mass is 35.5. The fourth-order valence-electron chi connectivity index (χ4n) is 1.49. The summed E-state index contributed by atoms with van der Waals surface area (Å²) in [5.41, 5.74) is 1.99. The van der Waals surface area contributed by atoms with E-state index in [1.165, 1.54) is 0 Å². The van der Waals surface area contributed by atoms with Gasteiger partial charge in [-0.05, 0) is 17.5 Å². The lowest BCUT2D eigenvalue weighted by Gasteiger charge is -1.91. The van der Waals surface area contributed by atoms with Crippen molar-refractivity contribution < 1.29 is 4.79 Å². The van der Waals surface area contributed by atoms with Gasteiger partial charge >= 0.3 is 0 Å². The molecule has 0 radical (unpaired) electrons. The number of rotatable bonds is 3. The molecule has 14 heavy (non-hydrogen) atoms. The smallest absolute Gasteiger partial charge is 0.153 e. The number of ketones is 1. The normalized spacial score (nSPS) is 10.6. The van der Waals surface area contributed by atoms with Crippen molar-refractivity contribution in [2.24, 2.45) is 0 Å². The maximum Gasteiger partial charge on any atom is 0.153 e. The van der Waals surface area contributed by atoms with Gasteiger partial charge in [0.25, 0.3) is 0 Å². The number of aromatic nitrogens is 1. The lowest BCUT2D eigenvalue weighted by Crippen LogP contribution is -2.03. The molecule has 0 aliphatic rings. The summed E-state index contributed by atoms with van der Waals surface area (Å²) in [5.74, 6) is 0.119. The van der Waals surface area contributed by atoms with Gasteiger partial charge in [0.2, 0.25) is 0 Å². The van der Waals surface area contributed by atoms with E-state index < -0.39 is 0 Å². The van der Waals surface area contributed by atoms with Crippen molar-refractivity contribution in [2.75, 3.05) is 5.88 Å². The van der Waals surface area contributed by atoms with E-state index in [0.717, 1.165) is 16.6 Å². The number of alkyl halides is 1. The van der Waals surface area contributed by atoms with Crippen molar-refractivity contribution in [1.29, 1.82) is 0 Å². The topological polar surface area (TPSA) is 32.9 Å². The third-order valence-electron chi connectivity index (χ3n) is 2.12. The van der Waals surface area contributed by atoms with Crippen LogP contribution in [0.4, 0.5) is 0 Å². The molecule has 0 aliphatic carbocycles. The number of fused-ring (bicyclic) bond motifs is 1. The Morgan fingerprint density at radius 3 is 2.86 bits per heavy atom. The van der Waals surface area contributed by atoms with Crippen molar-refractivity contribution in [1.82, 2.24) is 4.98 Å². The Kier molecular flexibility index (Phi) is 2.55. The van der Waals surface area contributed by atoms with Crippen LogP contribution >= 0.6 is 11.6 Å². The number of carbonyl (C=O) groups excluding carboxylic acids is 1. The first-order chi connectivity index (χ1) is 6.79. The summed E-state index contributed by atoms with van der Waals surface area (Å²) in [6.07, 6.45) is 0.387. The van der Waals surface area contributed by atoms with E-state index in [4.69, 9.17) is 11.6 Å². The molecular formula is C11H10ClNO. The molecule has 1 heterocycles. The zero-order valence-corrected chi connectivity index (χ0v) is 8.34. The van der Waals surface area contributed by atoms with Gasteiger partial charge in [-0.1, -0.05) is 18.2 Å². The van der Waals surface area contributed by atoms with Gasteiger partial charge < -0.3 is 4.98 Å². The lowest BCUT2D eigenvalue weighted by molar-refractivity contribution is -0.116. The van der Waals surface area contributed by atoms with E-state index in [-0.39, 0.29) is 11.7 Å². The first-order valence-electron chi connectivity index (χ1n) is 4.44. The van der Waals surface area contributed by atoms with Gasteiger partial charge in [-0.2, -0.15) is 0 Å². The summed E-state index contributed by atoms with van der Waals surface area (Å²) >= 11 is 5.44. The fraction of sp³-hybridized carbons (Fsp3) is 0.182. The second kappa shape index (κ2) is 3.84. The molecule has 0 atom stereocenters. The number of nitrogens with one attached hydrogen (secondary N) is 1. The number of hydrogen-bond acceptors (Lipinski definition) is 1. The van der Waals surface area contributed by atoms with Crippen LogP contribution in [-0.2, 0) is 11.2 Å². The molecule has 0 aliphatic heterocycles. The molecule has 1 aromatic carbocycles. The Morgan fingerprint density at radius 1 is 1.36 bits per heavy atom. The van der Waals surface area contributed by atoms with E-state index in [1.807, 2.05) is 30.3 Å². The van der Waals surface area contributed by atoms with Gasteiger partial charge in [0.1, 0.15) is 0 Å². The van der Waals surface area contributed by atoms with Crippen molar-refractivity contribution in [3.05, 3.63) is 36.0 Å². The number of carbonyl (C=O) groups is 1. The van der Waals surface area contributed by atoms with Crippen LogP contribution in [0.15, 0.2) is 30.3 Å². The number of Topliss-reactive ketones (excluding diaryl/α,β-unsaturated/α-hetero) is 1. The SMILES string of the molecule is O=C(CCl)Cc1cc2ccccc2[nH]1. The van der Waals surface area contributed by atoms with Gasteiger partial charge in [-0.3, -0.25) is 4.79 Å².